The number of hydrogen-bond acceptors (Lipinski definition) is 4. The van der Waals surface area contributed by atoms with Crippen LogP contribution in [0.4, 0.5) is 0 Å². The van der Waals surface area contributed by atoms with E-state index in [1.54, 1.807) is 39.7 Å². The lowest BCUT2D eigenvalue weighted by Gasteiger charge is -2.30. The highest BCUT2D eigenvalue weighted by Crippen LogP contribution is 2.30. The zero-order valence-electron chi connectivity index (χ0n) is 17.8. The van der Waals surface area contributed by atoms with Crippen molar-refractivity contribution in [1.29, 1.82) is 0 Å². The molecule has 1 unspecified atom stereocenters. The molecule has 0 aliphatic carbocycles. The SMILES string of the molecule is Cc1cc(C(=O)N(C)C(C)c2cccs2)cc(S(=O)(=O)N2CCC(C)CC2)c1C. The zero-order valence-corrected chi connectivity index (χ0v) is 19.4. The van der Waals surface area contributed by atoms with Crippen molar-refractivity contribution in [2.24, 2.45) is 5.92 Å². The average molecular weight is 435 g/mol. The van der Waals surface area contributed by atoms with Gasteiger partial charge in [-0.05, 0) is 74.2 Å². The number of carbonyl (C=O) groups is 1. The van der Waals surface area contributed by atoms with Gasteiger partial charge < -0.3 is 4.90 Å². The van der Waals surface area contributed by atoms with Gasteiger partial charge in [-0.25, -0.2) is 8.42 Å². The Morgan fingerprint density at radius 1 is 1.24 bits per heavy atom. The number of nitrogens with zero attached hydrogens (tertiary/aromatic N) is 2. The van der Waals surface area contributed by atoms with E-state index in [-0.39, 0.29) is 16.8 Å². The first kappa shape index (κ1) is 22.0. The van der Waals surface area contributed by atoms with Gasteiger partial charge in [-0.2, -0.15) is 4.31 Å². The summed E-state index contributed by atoms with van der Waals surface area (Å²) in [6.45, 7) is 8.90. The molecule has 3 rings (SSSR count). The molecule has 1 saturated heterocycles. The van der Waals surface area contributed by atoms with Crippen LogP contribution in [-0.2, 0) is 10.0 Å². The summed E-state index contributed by atoms with van der Waals surface area (Å²) in [5, 5.41) is 1.99. The quantitative estimate of drug-likeness (QED) is 0.690. The van der Waals surface area contributed by atoms with Crippen molar-refractivity contribution in [1.82, 2.24) is 9.21 Å². The summed E-state index contributed by atoms with van der Waals surface area (Å²) >= 11 is 1.61. The van der Waals surface area contributed by atoms with Gasteiger partial charge >= 0.3 is 0 Å². The van der Waals surface area contributed by atoms with E-state index >= 15 is 0 Å². The summed E-state index contributed by atoms with van der Waals surface area (Å²) in [7, 11) is -1.85. The number of piperidine rings is 1. The molecule has 0 spiro atoms. The van der Waals surface area contributed by atoms with Crippen LogP contribution < -0.4 is 0 Å². The van der Waals surface area contributed by atoms with Crippen LogP contribution in [0.5, 0.6) is 0 Å². The maximum atomic E-state index is 13.3. The van der Waals surface area contributed by atoms with E-state index in [2.05, 4.69) is 6.92 Å². The van der Waals surface area contributed by atoms with Crippen LogP contribution in [0, 0.1) is 19.8 Å². The van der Waals surface area contributed by atoms with Crippen molar-refractivity contribution in [3.8, 4) is 0 Å². The maximum absolute atomic E-state index is 13.3. The standard InChI is InChI=1S/C22H30N2O3S2/c1-15-8-10-24(11-9-15)29(26,27)21-14-19(13-16(2)17(21)3)22(25)23(5)18(4)20-7-6-12-28-20/h6-7,12-15,18H,8-11H2,1-5H3. The van der Waals surface area contributed by atoms with Gasteiger partial charge in [-0.1, -0.05) is 13.0 Å². The highest BCUT2D eigenvalue weighted by molar-refractivity contribution is 7.89. The molecule has 1 aliphatic heterocycles. The molecule has 0 radical (unpaired) electrons. The van der Waals surface area contributed by atoms with Crippen molar-refractivity contribution in [2.45, 2.75) is 51.5 Å². The second-order valence-corrected chi connectivity index (χ2v) is 11.0. The molecule has 2 aromatic rings. The van der Waals surface area contributed by atoms with E-state index in [1.165, 1.54) is 0 Å². The van der Waals surface area contributed by atoms with Gasteiger partial charge in [-0.15, -0.1) is 11.3 Å². The lowest BCUT2D eigenvalue weighted by atomic mass is 10.0. The normalized spacial score (nSPS) is 17.3. The molecular weight excluding hydrogens is 404 g/mol. The fourth-order valence-corrected chi connectivity index (χ4v) is 6.30. The Labute approximate surface area is 178 Å². The Kier molecular flexibility index (Phi) is 6.51. The Balaban J connectivity index is 1.94. The molecule has 0 N–H and O–H groups in total. The molecule has 1 aromatic carbocycles. The van der Waals surface area contributed by atoms with Gasteiger partial charge in [0.05, 0.1) is 10.9 Å². The van der Waals surface area contributed by atoms with Crippen LogP contribution in [-0.4, -0.2) is 43.7 Å². The van der Waals surface area contributed by atoms with Crippen LogP contribution in [0.15, 0.2) is 34.5 Å². The number of thiophene rings is 1. The molecule has 1 fully saturated rings. The minimum absolute atomic E-state index is 0.0762. The molecule has 1 atom stereocenters. The molecule has 2 heterocycles. The van der Waals surface area contributed by atoms with Crippen molar-refractivity contribution in [3.05, 3.63) is 51.2 Å². The van der Waals surface area contributed by atoms with E-state index < -0.39 is 10.0 Å². The molecule has 29 heavy (non-hydrogen) atoms. The van der Waals surface area contributed by atoms with Gasteiger partial charge in [0.15, 0.2) is 0 Å². The van der Waals surface area contributed by atoms with Crippen molar-refractivity contribution < 1.29 is 13.2 Å². The predicted molar refractivity (Wildman–Crippen MR) is 118 cm³/mol. The third-order valence-corrected chi connectivity index (χ3v) is 9.15. The number of amides is 1. The van der Waals surface area contributed by atoms with E-state index in [1.807, 2.05) is 38.3 Å². The Morgan fingerprint density at radius 3 is 2.48 bits per heavy atom. The Morgan fingerprint density at radius 2 is 1.90 bits per heavy atom. The number of sulfonamides is 1. The van der Waals surface area contributed by atoms with Crippen molar-refractivity contribution >= 4 is 27.3 Å². The van der Waals surface area contributed by atoms with Gasteiger partial charge in [0.25, 0.3) is 5.91 Å². The molecule has 0 saturated carbocycles. The summed E-state index contributed by atoms with van der Waals surface area (Å²) in [6.07, 6.45) is 1.74. The van der Waals surface area contributed by atoms with E-state index in [9.17, 15) is 13.2 Å². The highest BCUT2D eigenvalue weighted by atomic mass is 32.2. The first-order valence-electron chi connectivity index (χ1n) is 10.0. The Hall–Kier alpha value is -1.70. The van der Waals surface area contributed by atoms with Crippen LogP contribution >= 0.6 is 11.3 Å². The van der Waals surface area contributed by atoms with Gasteiger partial charge in [-0.3, -0.25) is 4.79 Å². The summed E-state index contributed by atoms with van der Waals surface area (Å²) in [5.41, 5.74) is 1.95. The van der Waals surface area contributed by atoms with Crippen LogP contribution in [0.1, 0.15) is 59.1 Å². The van der Waals surface area contributed by atoms with E-state index in [4.69, 9.17) is 0 Å². The average Bonchev–Trinajstić information content (AvgIpc) is 3.23. The number of carbonyl (C=O) groups excluding carboxylic acids is 1. The second-order valence-electron chi connectivity index (χ2n) is 8.11. The molecule has 1 aliphatic rings. The number of benzene rings is 1. The van der Waals surface area contributed by atoms with Gasteiger partial charge in [0.1, 0.15) is 0 Å². The first-order valence-corrected chi connectivity index (χ1v) is 12.4. The van der Waals surface area contributed by atoms with E-state index in [0.29, 0.717) is 30.1 Å². The number of aryl methyl sites for hydroxylation is 1. The molecule has 5 nitrogen and oxygen atoms in total. The van der Waals surface area contributed by atoms with Crippen LogP contribution in [0.2, 0.25) is 0 Å². The number of rotatable bonds is 5. The molecule has 1 aromatic heterocycles. The molecule has 0 bridgehead atoms. The monoisotopic (exact) mass is 434 g/mol. The molecule has 7 heteroatoms. The lowest BCUT2D eigenvalue weighted by Crippen LogP contribution is -2.38. The fraction of sp³-hybridized carbons (Fsp3) is 0.500. The minimum atomic E-state index is -3.62. The summed E-state index contributed by atoms with van der Waals surface area (Å²) < 4.78 is 28.2. The topological polar surface area (TPSA) is 57.7 Å². The minimum Gasteiger partial charge on any atom is -0.334 e. The fourth-order valence-electron chi connectivity index (χ4n) is 3.68. The maximum Gasteiger partial charge on any atom is 0.254 e. The smallest absolute Gasteiger partial charge is 0.254 e. The first-order chi connectivity index (χ1) is 13.6. The van der Waals surface area contributed by atoms with Crippen molar-refractivity contribution in [3.63, 3.8) is 0 Å². The second kappa shape index (κ2) is 8.58. The third kappa shape index (κ3) is 4.42. The third-order valence-electron chi connectivity index (χ3n) is 6.08. The van der Waals surface area contributed by atoms with Crippen molar-refractivity contribution in [2.75, 3.05) is 20.1 Å². The van der Waals surface area contributed by atoms with Gasteiger partial charge in [0, 0.05) is 30.6 Å². The molecule has 158 valence electrons. The molecular formula is C22H30N2O3S2. The summed E-state index contributed by atoms with van der Waals surface area (Å²) in [5.74, 6) is 0.377. The highest BCUT2D eigenvalue weighted by Gasteiger charge is 2.31. The lowest BCUT2D eigenvalue weighted by molar-refractivity contribution is 0.0744. The largest absolute Gasteiger partial charge is 0.334 e. The van der Waals surface area contributed by atoms with E-state index in [0.717, 1.165) is 23.3 Å². The number of hydrogen-bond donors (Lipinski definition) is 0. The van der Waals surface area contributed by atoms with Crippen LogP contribution in [0.3, 0.4) is 0 Å². The predicted octanol–water partition coefficient (Wildman–Crippen LogP) is 4.62. The summed E-state index contributed by atoms with van der Waals surface area (Å²) in [6, 6.07) is 7.26. The summed E-state index contributed by atoms with van der Waals surface area (Å²) in [4.78, 5) is 16.2. The zero-order chi connectivity index (χ0) is 21.3. The Bertz CT molecular complexity index is 976. The van der Waals surface area contributed by atoms with Crippen LogP contribution in [0.25, 0.3) is 0 Å². The van der Waals surface area contributed by atoms with Gasteiger partial charge in [0.2, 0.25) is 10.0 Å². The molecule has 1 amide bonds.